The van der Waals surface area contributed by atoms with Crippen molar-refractivity contribution in [2.75, 3.05) is 0 Å². The van der Waals surface area contributed by atoms with Gasteiger partial charge in [0.05, 0.1) is 0 Å². The molecule has 114 valence electrons. The zero-order chi connectivity index (χ0) is 14.9. The van der Waals surface area contributed by atoms with E-state index in [2.05, 4.69) is 49.5 Å². The fraction of sp³-hybridized carbons (Fsp3) is 0.632. The van der Waals surface area contributed by atoms with Crippen LogP contribution < -0.4 is 5.32 Å². The third kappa shape index (κ3) is 2.73. The van der Waals surface area contributed by atoms with E-state index >= 15 is 0 Å². The number of hydrogen-bond acceptors (Lipinski definition) is 1. The molecule has 1 saturated carbocycles. The van der Waals surface area contributed by atoms with Crippen molar-refractivity contribution in [3.63, 3.8) is 0 Å². The summed E-state index contributed by atoms with van der Waals surface area (Å²) in [6, 6.07) is 11.2. The molecule has 2 aliphatic rings. The molecular formula is C19H27NO. The largest absolute Gasteiger partial charge is 0.353 e. The molecule has 2 heteroatoms. The van der Waals surface area contributed by atoms with Gasteiger partial charge in [-0.1, -0.05) is 57.0 Å². The summed E-state index contributed by atoms with van der Waals surface area (Å²) in [6.45, 7) is 4.52. The highest BCUT2D eigenvalue weighted by Crippen LogP contribution is 2.55. The second-order valence-electron chi connectivity index (χ2n) is 7.37. The van der Waals surface area contributed by atoms with Gasteiger partial charge in [0, 0.05) is 17.9 Å². The number of carbonyl (C=O) groups excluding carboxylic acids is 1. The van der Waals surface area contributed by atoms with Crippen molar-refractivity contribution in [3.8, 4) is 0 Å². The maximum absolute atomic E-state index is 12.2. The van der Waals surface area contributed by atoms with E-state index < -0.39 is 0 Å². The zero-order valence-corrected chi connectivity index (χ0v) is 13.3. The molecule has 1 aromatic carbocycles. The second kappa shape index (κ2) is 5.82. The van der Waals surface area contributed by atoms with Gasteiger partial charge in [-0.2, -0.15) is 0 Å². The molecule has 3 unspecified atom stereocenters. The maximum atomic E-state index is 12.2. The van der Waals surface area contributed by atoms with E-state index in [9.17, 15) is 4.79 Å². The average molecular weight is 285 g/mol. The average Bonchev–Trinajstić information content (AvgIpc) is 2.75. The lowest BCUT2D eigenvalue weighted by molar-refractivity contribution is -0.120. The first-order chi connectivity index (χ1) is 10.1. The molecule has 1 spiro atoms. The Morgan fingerprint density at radius 2 is 2.00 bits per heavy atom. The molecule has 1 heterocycles. The first-order valence-electron chi connectivity index (χ1n) is 8.46. The summed E-state index contributed by atoms with van der Waals surface area (Å²) < 4.78 is 0. The molecule has 1 aromatic rings. The van der Waals surface area contributed by atoms with Crippen LogP contribution in [0.2, 0.25) is 0 Å². The van der Waals surface area contributed by atoms with Crippen molar-refractivity contribution in [1.82, 2.24) is 5.32 Å². The molecule has 0 aromatic heterocycles. The van der Waals surface area contributed by atoms with E-state index in [0.717, 1.165) is 12.8 Å². The summed E-state index contributed by atoms with van der Waals surface area (Å²) in [6.07, 6.45) is 6.83. The smallest absolute Gasteiger partial charge is 0.220 e. The lowest BCUT2D eigenvalue weighted by atomic mass is 9.59. The van der Waals surface area contributed by atoms with Crippen molar-refractivity contribution >= 4 is 5.91 Å². The van der Waals surface area contributed by atoms with E-state index in [1.165, 1.54) is 31.2 Å². The van der Waals surface area contributed by atoms with Crippen molar-refractivity contribution in [2.45, 2.75) is 64.3 Å². The molecule has 0 bridgehead atoms. The Morgan fingerprint density at radius 1 is 1.24 bits per heavy atom. The Labute approximate surface area is 128 Å². The molecule has 3 atom stereocenters. The fourth-order valence-electron chi connectivity index (χ4n) is 4.65. The Balaban J connectivity index is 1.96. The Hall–Kier alpha value is -1.31. The summed E-state index contributed by atoms with van der Waals surface area (Å²) in [5, 5.41) is 3.31. The first-order valence-corrected chi connectivity index (χ1v) is 8.46. The minimum Gasteiger partial charge on any atom is -0.353 e. The van der Waals surface area contributed by atoms with E-state index in [0.29, 0.717) is 17.9 Å². The van der Waals surface area contributed by atoms with Gasteiger partial charge in [-0.3, -0.25) is 4.79 Å². The van der Waals surface area contributed by atoms with E-state index in [1.807, 2.05) is 0 Å². The fourth-order valence-corrected chi connectivity index (χ4v) is 4.65. The Morgan fingerprint density at radius 3 is 2.71 bits per heavy atom. The molecule has 3 rings (SSSR count). The summed E-state index contributed by atoms with van der Waals surface area (Å²) in [5.41, 5.74) is 1.59. The highest BCUT2D eigenvalue weighted by atomic mass is 16.2. The summed E-state index contributed by atoms with van der Waals surface area (Å²) in [7, 11) is 0. The van der Waals surface area contributed by atoms with Crippen molar-refractivity contribution in [1.29, 1.82) is 0 Å². The molecule has 2 nitrogen and oxygen atoms in total. The monoisotopic (exact) mass is 285 g/mol. The number of benzene rings is 1. The number of carbonyl (C=O) groups is 1. The SMILES string of the molecule is CC(C)CC1NC(=O)CC12CCCCC2c1ccccc1. The molecule has 1 amide bonds. The van der Waals surface area contributed by atoms with E-state index in [1.54, 1.807) is 0 Å². The highest BCUT2D eigenvalue weighted by Gasteiger charge is 2.52. The summed E-state index contributed by atoms with van der Waals surface area (Å²) >= 11 is 0. The van der Waals surface area contributed by atoms with Crippen LogP contribution in [0.1, 0.15) is 63.9 Å². The topological polar surface area (TPSA) is 29.1 Å². The van der Waals surface area contributed by atoms with Gasteiger partial charge in [-0.05, 0) is 36.7 Å². The molecule has 1 N–H and O–H groups in total. The Kier molecular flexibility index (Phi) is 4.05. The first kappa shape index (κ1) is 14.6. The normalized spacial score (nSPS) is 32.6. The quantitative estimate of drug-likeness (QED) is 0.883. The minimum absolute atomic E-state index is 0.154. The summed E-state index contributed by atoms with van der Waals surface area (Å²) in [5.74, 6) is 1.43. The third-order valence-electron chi connectivity index (χ3n) is 5.51. The van der Waals surface area contributed by atoms with Gasteiger partial charge in [0.25, 0.3) is 0 Å². The van der Waals surface area contributed by atoms with Crippen LogP contribution in [-0.2, 0) is 4.79 Å². The molecule has 1 aliphatic heterocycles. The van der Waals surface area contributed by atoms with Gasteiger partial charge in [-0.25, -0.2) is 0 Å². The lowest BCUT2D eigenvalue weighted by Gasteiger charge is -2.45. The van der Waals surface area contributed by atoms with Gasteiger partial charge in [-0.15, -0.1) is 0 Å². The summed E-state index contributed by atoms with van der Waals surface area (Å²) in [4.78, 5) is 12.2. The van der Waals surface area contributed by atoms with Crippen LogP contribution in [0.3, 0.4) is 0 Å². The highest BCUT2D eigenvalue weighted by molar-refractivity contribution is 5.80. The number of hydrogen-bond donors (Lipinski definition) is 1. The second-order valence-corrected chi connectivity index (χ2v) is 7.37. The molecular weight excluding hydrogens is 258 g/mol. The number of rotatable bonds is 3. The van der Waals surface area contributed by atoms with Crippen molar-refractivity contribution in [3.05, 3.63) is 35.9 Å². The van der Waals surface area contributed by atoms with Crippen LogP contribution in [0.5, 0.6) is 0 Å². The molecule has 21 heavy (non-hydrogen) atoms. The Bertz CT molecular complexity index is 496. The minimum atomic E-state index is 0.154. The zero-order valence-electron chi connectivity index (χ0n) is 13.3. The predicted molar refractivity (Wildman–Crippen MR) is 86.1 cm³/mol. The molecule has 1 saturated heterocycles. The van der Waals surface area contributed by atoms with E-state index in [-0.39, 0.29) is 11.3 Å². The predicted octanol–water partition coefficient (Wildman–Crippen LogP) is 4.27. The maximum Gasteiger partial charge on any atom is 0.220 e. The molecule has 1 aliphatic carbocycles. The van der Waals surface area contributed by atoms with Gasteiger partial charge in [0.1, 0.15) is 0 Å². The van der Waals surface area contributed by atoms with E-state index in [4.69, 9.17) is 0 Å². The molecule has 0 radical (unpaired) electrons. The number of amides is 1. The van der Waals surface area contributed by atoms with Gasteiger partial charge >= 0.3 is 0 Å². The van der Waals surface area contributed by atoms with Crippen LogP contribution in [0.15, 0.2) is 30.3 Å². The van der Waals surface area contributed by atoms with Crippen molar-refractivity contribution in [2.24, 2.45) is 11.3 Å². The van der Waals surface area contributed by atoms with Crippen LogP contribution in [0.4, 0.5) is 0 Å². The van der Waals surface area contributed by atoms with Gasteiger partial charge < -0.3 is 5.32 Å². The lowest BCUT2D eigenvalue weighted by Crippen LogP contribution is -2.44. The van der Waals surface area contributed by atoms with Gasteiger partial charge in [0.2, 0.25) is 5.91 Å². The standard InChI is InChI=1S/C19H27NO/c1-14(2)12-17-19(13-18(21)20-17)11-7-6-10-16(19)15-8-4-3-5-9-15/h3-5,8-9,14,16-17H,6-7,10-13H2,1-2H3,(H,20,21). The van der Waals surface area contributed by atoms with Crippen LogP contribution in [0.25, 0.3) is 0 Å². The third-order valence-corrected chi connectivity index (χ3v) is 5.51. The van der Waals surface area contributed by atoms with Crippen molar-refractivity contribution < 1.29 is 4.79 Å². The van der Waals surface area contributed by atoms with Crippen LogP contribution in [0, 0.1) is 11.3 Å². The molecule has 2 fully saturated rings. The number of nitrogens with one attached hydrogen (secondary N) is 1. The van der Waals surface area contributed by atoms with Crippen LogP contribution >= 0.6 is 0 Å². The van der Waals surface area contributed by atoms with Gasteiger partial charge in [0.15, 0.2) is 0 Å². The van der Waals surface area contributed by atoms with Crippen LogP contribution in [-0.4, -0.2) is 11.9 Å².